The Morgan fingerprint density at radius 1 is 1.36 bits per heavy atom. The standard InChI is InChI=1S/C13H21N/c1-6-9-12(10-7-2)11-13(8-3)14(4)5/h6-10,13H,1,3,11H2,2,4-5H3/b10-7-,12-9+. The smallest absolute Gasteiger partial charge is 0.0309 e. The molecule has 0 aromatic rings. The average molecular weight is 191 g/mol. The normalized spacial score (nSPS) is 14.7. The van der Waals surface area contributed by atoms with Crippen LogP contribution in [0.4, 0.5) is 0 Å². The first-order valence-corrected chi connectivity index (χ1v) is 4.89. The van der Waals surface area contributed by atoms with Crippen molar-refractivity contribution < 1.29 is 0 Å². The van der Waals surface area contributed by atoms with E-state index in [-0.39, 0.29) is 0 Å². The van der Waals surface area contributed by atoms with Crippen molar-refractivity contribution in [3.05, 3.63) is 49.1 Å². The third-order valence-corrected chi connectivity index (χ3v) is 2.09. The van der Waals surface area contributed by atoms with Crippen molar-refractivity contribution in [3.63, 3.8) is 0 Å². The van der Waals surface area contributed by atoms with E-state index in [0.717, 1.165) is 6.42 Å². The number of hydrogen-bond donors (Lipinski definition) is 0. The zero-order valence-electron chi connectivity index (χ0n) is 9.53. The second-order valence-corrected chi connectivity index (χ2v) is 3.45. The van der Waals surface area contributed by atoms with Crippen molar-refractivity contribution in [2.75, 3.05) is 14.1 Å². The van der Waals surface area contributed by atoms with E-state index < -0.39 is 0 Å². The van der Waals surface area contributed by atoms with Gasteiger partial charge in [0.05, 0.1) is 0 Å². The number of rotatable bonds is 6. The Morgan fingerprint density at radius 2 is 2.00 bits per heavy atom. The Balaban J connectivity index is 4.49. The lowest BCUT2D eigenvalue weighted by Crippen LogP contribution is -2.25. The summed E-state index contributed by atoms with van der Waals surface area (Å²) < 4.78 is 0. The zero-order chi connectivity index (χ0) is 11.0. The number of hydrogen-bond acceptors (Lipinski definition) is 1. The van der Waals surface area contributed by atoms with Crippen LogP contribution < -0.4 is 0 Å². The van der Waals surface area contributed by atoms with Gasteiger partial charge in [0.1, 0.15) is 0 Å². The Morgan fingerprint density at radius 3 is 2.36 bits per heavy atom. The third kappa shape index (κ3) is 4.83. The Hall–Kier alpha value is -1.08. The first-order chi connectivity index (χ1) is 6.65. The highest BCUT2D eigenvalue weighted by Crippen LogP contribution is 2.11. The van der Waals surface area contributed by atoms with Gasteiger partial charge < -0.3 is 4.90 Å². The summed E-state index contributed by atoms with van der Waals surface area (Å²) in [5, 5.41) is 0. The molecule has 0 aliphatic carbocycles. The highest BCUT2D eigenvalue weighted by Gasteiger charge is 2.07. The molecule has 0 heterocycles. The van der Waals surface area contributed by atoms with Crippen molar-refractivity contribution in [3.8, 4) is 0 Å². The fourth-order valence-electron chi connectivity index (χ4n) is 1.28. The van der Waals surface area contributed by atoms with E-state index >= 15 is 0 Å². The quantitative estimate of drug-likeness (QED) is 0.460. The van der Waals surface area contributed by atoms with Gasteiger partial charge in [-0.25, -0.2) is 0 Å². The molecule has 0 radical (unpaired) electrons. The molecular weight excluding hydrogens is 170 g/mol. The number of allylic oxidation sites excluding steroid dienone is 4. The summed E-state index contributed by atoms with van der Waals surface area (Å²) in [4.78, 5) is 2.16. The topological polar surface area (TPSA) is 3.24 Å². The van der Waals surface area contributed by atoms with Crippen LogP contribution in [0.1, 0.15) is 13.3 Å². The molecule has 0 bridgehead atoms. The molecule has 1 heteroatoms. The maximum absolute atomic E-state index is 3.84. The highest BCUT2D eigenvalue weighted by atomic mass is 15.1. The van der Waals surface area contributed by atoms with Crippen molar-refractivity contribution in [1.82, 2.24) is 4.90 Å². The molecule has 0 spiro atoms. The van der Waals surface area contributed by atoms with Crippen LogP contribution in [0.2, 0.25) is 0 Å². The fraction of sp³-hybridized carbons (Fsp3) is 0.385. The molecule has 0 aliphatic rings. The monoisotopic (exact) mass is 191 g/mol. The van der Waals surface area contributed by atoms with Gasteiger partial charge >= 0.3 is 0 Å². The van der Waals surface area contributed by atoms with Gasteiger partial charge in [0.2, 0.25) is 0 Å². The molecule has 0 N–H and O–H groups in total. The molecule has 0 aromatic heterocycles. The zero-order valence-corrected chi connectivity index (χ0v) is 9.53. The average Bonchev–Trinajstić information content (AvgIpc) is 2.14. The Bertz CT molecular complexity index is 234. The molecule has 1 atom stereocenters. The lowest BCUT2D eigenvalue weighted by Gasteiger charge is -2.20. The molecule has 78 valence electrons. The largest absolute Gasteiger partial charge is 0.303 e. The van der Waals surface area contributed by atoms with Crippen LogP contribution in [0.3, 0.4) is 0 Å². The van der Waals surface area contributed by atoms with Crippen LogP contribution in [-0.2, 0) is 0 Å². The van der Waals surface area contributed by atoms with Crippen LogP contribution in [0.5, 0.6) is 0 Å². The van der Waals surface area contributed by atoms with E-state index in [1.165, 1.54) is 5.57 Å². The van der Waals surface area contributed by atoms with Gasteiger partial charge in [-0.15, -0.1) is 6.58 Å². The summed E-state index contributed by atoms with van der Waals surface area (Å²) in [5.74, 6) is 0. The van der Waals surface area contributed by atoms with Crippen LogP contribution in [0.15, 0.2) is 49.1 Å². The van der Waals surface area contributed by atoms with E-state index in [1.54, 1.807) is 0 Å². The van der Waals surface area contributed by atoms with Crippen molar-refractivity contribution in [2.45, 2.75) is 19.4 Å². The van der Waals surface area contributed by atoms with E-state index in [0.29, 0.717) is 6.04 Å². The second kappa shape index (κ2) is 7.34. The maximum atomic E-state index is 3.84. The summed E-state index contributed by atoms with van der Waals surface area (Å²) in [7, 11) is 4.13. The van der Waals surface area contributed by atoms with Gasteiger partial charge in [0.15, 0.2) is 0 Å². The van der Waals surface area contributed by atoms with E-state index in [2.05, 4.69) is 38.2 Å². The van der Waals surface area contributed by atoms with E-state index in [1.807, 2.05) is 31.2 Å². The minimum absolute atomic E-state index is 0.386. The van der Waals surface area contributed by atoms with E-state index in [4.69, 9.17) is 0 Å². The van der Waals surface area contributed by atoms with Crippen molar-refractivity contribution in [2.24, 2.45) is 0 Å². The molecule has 0 aliphatic heterocycles. The molecule has 0 saturated heterocycles. The van der Waals surface area contributed by atoms with Gasteiger partial charge in [0.25, 0.3) is 0 Å². The molecule has 0 saturated carbocycles. The summed E-state index contributed by atoms with van der Waals surface area (Å²) in [6.07, 6.45) is 11.0. The second-order valence-electron chi connectivity index (χ2n) is 3.45. The minimum atomic E-state index is 0.386. The van der Waals surface area contributed by atoms with Gasteiger partial charge in [-0.3, -0.25) is 0 Å². The molecule has 1 unspecified atom stereocenters. The first kappa shape index (κ1) is 12.9. The lowest BCUT2D eigenvalue weighted by molar-refractivity contribution is 0.343. The van der Waals surface area contributed by atoms with Crippen molar-refractivity contribution in [1.29, 1.82) is 0 Å². The van der Waals surface area contributed by atoms with Crippen LogP contribution >= 0.6 is 0 Å². The molecular formula is C13H21N. The summed E-state index contributed by atoms with van der Waals surface area (Å²) in [6.45, 7) is 9.57. The summed E-state index contributed by atoms with van der Waals surface area (Å²) >= 11 is 0. The summed E-state index contributed by atoms with van der Waals surface area (Å²) in [5.41, 5.74) is 1.28. The molecule has 0 aromatic carbocycles. The lowest BCUT2D eigenvalue weighted by atomic mass is 10.0. The SMILES string of the molecule is C=C/C=C(\C=C/C)CC(C=C)N(C)C. The molecule has 14 heavy (non-hydrogen) atoms. The maximum Gasteiger partial charge on any atom is 0.0309 e. The molecule has 1 nitrogen and oxygen atoms in total. The Kier molecular flexibility index (Phi) is 6.77. The minimum Gasteiger partial charge on any atom is -0.303 e. The fourth-order valence-corrected chi connectivity index (χ4v) is 1.28. The highest BCUT2D eigenvalue weighted by molar-refractivity contribution is 5.24. The van der Waals surface area contributed by atoms with Crippen LogP contribution in [0, 0.1) is 0 Å². The first-order valence-electron chi connectivity index (χ1n) is 4.89. The van der Waals surface area contributed by atoms with Crippen molar-refractivity contribution >= 4 is 0 Å². The number of nitrogens with zero attached hydrogens (tertiary/aromatic N) is 1. The van der Waals surface area contributed by atoms with Gasteiger partial charge in [0, 0.05) is 6.04 Å². The predicted molar refractivity (Wildman–Crippen MR) is 65.4 cm³/mol. The number of likely N-dealkylation sites (N-methyl/N-ethyl adjacent to an activating group) is 1. The van der Waals surface area contributed by atoms with E-state index in [9.17, 15) is 0 Å². The van der Waals surface area contributed by atoms with Crippen LogP contribution in [-0.4, -0.2) is 25.0 Å². The summed E-state index contributed by atoms with van der Waals surface area (Å²) in [6, 6.07) is 0.386. The van der Waals surface area contributed by atoms with Crippen LogP contribution in [0.25, 0.3) is 0 Å². The molecule has 0 rings (SSSR count). The van der Waals surface area contributed by atoms with Gasteiger partial charge in [-0.2, -0.15) is 0 Å². The molecule has 0 amide bonds. The predicted octanol–water partition coefficient (Wildman–Crippen LogP) is 3.18. The third-order valence-electron chi connectivity index (χ3n) is 2.09. The molecule has 0 fully saturated rings. The Labute approximate surface area is 88.1 Å². The van der Waals surface area contributed by atoms with Gasteiger partial charge in [-0.1, -0.05) is 37.0 Å². The van der Waals surface area contributed by atoms with Gasteiger partial charge in [-0.05, 0) is 33.0 Å².